The van der Waals surface area contributed by atoms with Crippen molar-refractivity contribution in [2.75, 3.05) is 0 Å². The van der Waals surface area contributed by atoms with Crippen LogP contribution in [-0.2, 0) is 0 Å². The minimum absolute atomic E-state index is 0.00437. The highest BCUT2D eigenvalue weighted by Gasteiger charge is 2.11. The van der Waals surface area contributed by atoms with Gasteiger partial charge in [0, 0.05) is 26.9 Å². The van der Waals surface area contributed by atoms with E-state index < -0.39 is 0 Å². The van der Waals surface area contributed by atoms with Gasteiger partial charge >= 0.3 is 0 Å². The Morgan fingerprint density at radius 3 is 2.35 bits per heavy atom. The van der Waals surface area contributed by atoms with Gasteiger partial charge in [0.05, 0.1) is 0 Å². The maximum Gasteiger partial charge on any atom is 0.192 e. The highest BCUT2D eigenvalue weighted by molar-refractivity contribution is 7.99. The standard InChI is InChI=1S/C14H15ClN4S/c1-7-8(2)18-14(19-9(7)3)20-12-6-10(15)4-5-11(12)13(16)17/h4-6H,1-3H3,(H3,16,17). The maximum absolute atomic E-state index is 7.61. The number of nitrogens with one attached hydrogen (secondary N) is 1. The van der Waals surface area contributed by atoms with Crippen molar-refractivity contribution in [2.45, 2.75) is 30.8 Å². The van der Waals surface area contributed by atoms with Crippen molar-refractivity contribution in [3.8, 4) is 0 Å². The molecule has 0 spiro atoms. The molecule has 0 fully saturated rings. The Kier molecular flexibility index (Phi) is 4.30. The molecule has 0 bridgehead atoms. The van der Waals surface area contributed by atoms with Crippen LogP contribution in [0.15, 0.2) is 28.3 Å². The van der Waals surface area contributed by atoms with E-state index in [0.29, 0.717) is 15.7 Å². The maximum atomic E-state index is 7.61. The van der Waals surface area contributed by atoms with Crippen LogP contribution >= 0.6 is 23.4 Å². The molecule has 1 aromatic carbocycles. The van der Waals surface area contributed by atoms with Crippen LogP contribution in [-0.4, -0.2) is 15.8 Å². The second kappa shape index (κ2) is 5.81. The second-order valence-corrected chi connectivity index (χ2v) is 5.90. The van der Waals surface area contributed by atoms with Gasteiger partial charge in [0.2, 0.25) is 0 Å². The van der Waals surface area contributed by atoms with E-state index in [0.717, 1.165) is 21.8 Å². The third kappa shape index (κ3) is 3.11. The highest BCUT2D eigenvalue weighted by Crippen LogP contribution is 2.31. The molecule has 0 atom stereocenters. The zero-order valence-electron chi connectivity index (χ0n) is 11.5. The summed E-state index contributed by atoms with van der Waals surface area (Å²) in [5.74, 6) is 0.00437. The monoisotopic (exact) mass is 306 g/mol. The zero-order valence-corrected chi connectivity index (χ0v) is 13.1. The van der Waals surface area contributed by atoms with Gasteiger partial charge in [-0.15, -0.1) is 0 Å². The molecule has 1 heterocycles. The quantitative estimate of drug-likeness (QED) is 0.517. The molecule has 3 N–H and O–H groups in total. The first kappa shape index (κ1) is 14.8. The molecule has 1 aromatic heterocycles. The fraction of sp³-hybridized carbons (Fsp3) is 0.214. The van der Waals surface area contributed by atoms with Crippen LogP contribution in [0.2, 0.25) is 5.02 Å². The molecule has 0 aliphatic heterocycles. The molecule has 0 saturated heterocycles. The van der Waals surface area contributed by atoms with Crippen LogP contribution < -0.4 is 5.73 Å². The minimum Gasteiger partial charge on any atom is -0.384 e. The number of hydrogen-bond acceptors (Lipinski definition) is 4. The zero-order chi connectivity index (χ0) is 14.9. The lowest BCUT2D eigenvalue weighted by Crippen LogP contribution is -2.12. The summed E-state index contributed by atoms with van der Waals surface area (Å²) in [6.45, 7) is 5.91. The first-order chi connectivity index (χ1) is 9.38. The van der Waals surface area contributed by atoms with Crippen molar-refractivity contribution < 1.29 is 0 Å². The predicted molar refractivity (Wildman–Crippen MR) is 82.8 cm³/mol. The number of nitrogen functional groups attached to an aromatic ring is 1. The lowest BCUT2D eigenvalue weighted by Gasteiger charge is -2.10. The third-order valence-corrected chi connectivity index (χ3v) is 4.21. The van der Waals surface area contributed by atoms with E-state index in [4.69, 9.17) is 22.7 Å². The fourth-order valence-electron chi connectivity index (χ4n) is 1.69. The van der Waals surface area contributed by atoms with Gasteiger partial charge in [-0.1, -0.05) is 11.6 Å². The van der Waals surface area contributed by atoms with Crippen molar-refractivity contribution in [3.05, 3.63) is 45.7 Å². The van der Waals surface area contributed by atoms with E-state index in [1.165, 1.54) is 11.8 Å². The van der Waals surface area contributed by atoms with E-state index in [2.05, 4.69) is 9.97 Å². The lowest BCUT2D eigenvalue weighted by molar-refractivity contribution is 0.881. The number of rotatable bonds is 3. The number of hydrogen-bond donors (Lipinski definition) is 2. The van der Waals surface area contributed by atoms with Crippen LogP contribution in [0, 0.1) is 26.2 Å². The third-order valence-electron chi connectivity index (χ3n) is 3.05. The normalized spacial score (nSPS) is 10.6. The summed E-state index contributed by atoms with van der Waals surface area (Å²) in [6.07, 6.45) is 0. The first-order valence-corrected chi connectivity index (χ1v) is 7.21. The molecule has 0 aliphatic carbocycles. The molecule has 0 aliphatic rings. The first-order valence-electron chi connectivity index (χ1n) is 6.02. The van der Waals surface area contributed by atoms with Gasteiger partial charge in [-0.05, 0) is 56.3 Å². The Balaban J connectivity index is 2.44. The Morgan fingerprint density at radius 1 is 1.20 bits per heavy atom. The van der Waals surface area contributed by atoms with Gasteiger partial charge in [0.25, 0.3) is 0 Å². The van der Waals surface area contributed by atoms with Crippen molar-refractivity contribution in [2.24, 2.45) is 5.73 Å². The van der Waals surface area contributed by atoms with E-state index in [-0.39, 0.29) is 5.84 Å². The molecule has 2 aromatic rings. The van der Waals surface area contributed by atoms with Gasteiger partial charge < -0.3 is 5.73 Å². The van der Waals surface area contributed by atoms with Gasteiger partial charge in [-0.3, -0.25) is 5.41 Å². The molecule has 0 unspecified atom stereocenters. The molecular formula is C14H15ClN4S. The van der Waals surface area contributed by atoms with E-state index in [9.17, 15) is 0 Å². The van der Waals surface area contributed by atoms with Crippen LogP contribution in [0.25, 0.3) is 0 Å². The van der Waals surface area contributed by atoms with Crippen molar-refractivity contribution in [1.29, 1.82) is 5.41 Å². The van der Waals surface area contributed by atoms with Gasteiger partial charge in [0.15, 0.2) is 5.16 Å². The molecule has 2 rings (SSSR count). The highest BCUT2D eigenvalue weighted by atomic mass is 35.5. The largest absolute Gasteiger partial charge is 0.384 e. The van der Waals surface area contributed by atoms with E-state index in [1.807, 2.05) is 20.8 Å². The summed E-state index contributed by atoms with van der Waals surface area (Å²) in [5, 5.41) is 8.84. The summed E-state index contributed by atoms with van der Waals surface area (Å²) >= 11 is 7.38. The summed E-state index contributed by atoms with van der Waals surface area (Å²) < 4.78 is 0. The van der Waals surface area contributed by atoms with Crippen molar-refractivity contribution in [1.82, 2.24) is 9.97 Å². The Bertz CT molecular complexity index is 662. The van der Waals surface area contributed by atoms with E-state index >= 15 is 0 Å². The number of benzene rings is 1. The average molecular weight is 307 g/mol. The number of aromatic nitrogens is 2. The summed E-state index contributed by atoms with van der Waals surface area (Å²) in [6, 6.07) is 5.23. The Labute approximate surface area is 127 Å². The van der Waals surface area contributed by atoms with Gasteiger partial charge in [-0.2, -0.15) is 0 Å². The topological polar surface area (TPSA) is 75.7 Å². The molecular weight excluding hydrogens is 292 g/mol. The smallest absolute Gasteiger partial charge is 0.192 e. The summed E-state index contributed by atoms with van der Waals surface area (Å²) in [4.78, 5) is 9.70. The SMILES string of the molecule is Cc1nc(Sc2cc(Cl)ccc2C(=N)N)nc(C)c1C. The number of halogens is 1. The number of nitrogens with zero attached hydrogens (tertiary/aromatic N) is 2. The molecule has 0 saturated carbocycles. The second-order valence-electron chi connectivity index (χ2n) is 4.46. The lowest BCUT2D eigenvalue weighted by atomic mass is 10.2. The van der Waals surface area contributed by atoms with Gasteiger partial charge in [-0.25, -0.2) is 9.97 Å². The fourth-order valence-corrected chi connectivity index (χ4v) is 2.96. The Morgan fingerprint density at radius 2 is 1.80 bits per heavy atom. The van der Waals surface area contributed by atoms with Gasteiger partial charge in [0.1, 0.15) is 5.84 Å². The Hall–Kier alpha value is -1.59. The molecule has 6 heteroatoms. The number of amidine groups is 1. The number of nitrogens with two attached hydrogens (primary N) is 1. The molecule has 104 valence electrons. The minimum atomic E-state index is 0.00437. The predicted octanol–water partition coefficient (Wildman–Crippen LogP) is 3.49. The summed E-state index contributed by atoms with van der Waals surface area (Å²) in [5.41, 5.74) is 9.22. The van der Waals surface area contributed by atoms with Crippen molar-refractivity contribution >= 4 is 29.2 Å². The van der Waals surface area contributed by atoms with Crippen LogP contribution in [0.5, 0.6) is 0 Å². The molecule has 0 radical (unpaired) electrons. The van der Waals surface area contributed by atoms with Crippen LogP contribution in [0.3, 0.4) is 0 Å². The van der Waals surface area contributed by atoms with E-state index in [1.54, 1.807) is 18.2 Å². The van der Waals surface area contributed by atoms with Crippen LogP contribution in [0.4, 0.5) is 0 Å². The molecule has 0 amide bonds. The molecule has 20 heavy (non-hydrogen) atoms. The number of aryl methyl sites for hydroxylation is 2. The van der Waals surface area contributed by atoms with Crippen LogP contribution in [0.1, 0.15) is 22.5 Å². The summed E-state index contributed by atoms with van der Waals surface area (Å²) in [7, 11) is 0. The van der Waals surface area contributed by atoms with Crippen molar-refractivity contribution in [3.63, 3.8) is 0 Å². The average Bonchev–Trinajstić information content (AvgIpc) is 2.35. The molecule has 4 nitrogen and oxygen atoms in total.